The fraction of sp³-hybridized carbons (Fsp3) is 1.00. The van der Waals surface area contributed by atoms with Crippen molar-refractivity contribution in [3.63, 3.8) is 0 Å². The maximum absolute atomic E-state index is 2.77. The van der Waals surface area contributed by atoms with Gasteiger partial charge in [0, 0.05) is 0 Å². The summed E-state index contributed by atoms with van der Waals surface area (Å²) in [4.78, 5) is 0. The zero-order valence-corrected chi connectivity index (χ0v) is 22.0. The summed E-state index contributed by atoms with van der Waals surface area (Å²) in [7, 11) is 0. The van der Waals surface area contributed by atoms with Gasteiger partial charge in [-0.15, -0.1) is 0 Å². The third-order valence-electron chi connectivity index (χ3n) is 12.0. The molecule has 0 aliphatic heterocycles. The van der Waals surface area contributed by atoms with Gasteiger partial charge in [0.05, 0.1) is 0 Å². The Kier molecular flexibility index (Phi) is 5.91. The van der Waals surface area contributed by atoms with Gasteiger partial charge in [-0.1, -0.05) is 67.2 Å². The van der Waals surface area contributed by atoms with Crippen LogP contribution < -0.4 is 0 Å². The zero-order chi connectivity index (χ0) is 22.0. The van der Waals surface area contributed by atoms with E-state index in [1.807, 2.05) is 0 Å². The van der Waals surface area contributed by atoms with E-state index in [1.165, 1.54) is 38.5 Å². The van der Waals surface area contributed by atoms with Crippen LogP contribution in [0.3, 0.4) is 0 Å². The van der Waals surface area contributed by atoms with Gasteiger partial charge in [-0.3, -0.25) is 0 Å². The molecule has 5 aliphatic carbocycles. The number of hydrogen-bond acceptors (Lipinski definition) is 0. The van der Waals surface area contributed by atoms with Gasteiger partial charge in [0.15, 0.2) is 0 Å². The molecule has 0 heteroatoms. The average Bonchev–Trinajstić information content (AvgIpc) is 3.32. The van der Waals surface area contributed by atoms with Crippen molar-refractivity contribution in [2.75, 3.05) is 0 Å². The summed E-state index contributed by atoms with van der Waals surface area (Å²) in [6.07, 6.45) is 21.6. The van der Waals surface area contributed by atoms with E-state index in [0.717, 1.165) is 47.3 Å². The van der Waals surface area contributed by atoms with Gasteiger partial charge in [0.1, 0.15) is 0 Å². The van der Waals surface area contributed by atoms with Crippen LogP contribution in [0.5, 0.6) is 0 Å². The van der Waals surface area contributed by atoms with Crippen LogP contribution in [0.2, 0.25) is 0 Å². The molecular formula is C31H54. The highest BCUT2D eigenvalue weighted by atomic mass is 14.6. The molecular weight excluding hydrogens is 372 g/mol. The second-order valence-corrected chi connectivity index (χ2v) is 15.6. The molecule has 5 aliphatic rings. The van der Waals surface area contributed by atoms with E-state index in [0.29, 0.717) is 16.2 Å². The van der Waals surface area contributed by atoms with Gasteiger partial charge in [0.2, 0.25) is 0 Å². The second-order valence-electron chi connectivity index (χ2n) is 15.6. The molecule has 0 radical (unpaired) electrons. The normalized spacial score (nSPS) is 50.5. The molecule has 178 valence electrons. The van der Waals surface area contributed by atoms with E-state index >= 15 is 0 Å². The Morgan fingerprint density at radius 3 is 2.06 bits per heavy atom. The Hall–Kier alpha value is 0. The van der Waals surface area contributed by atoms with Crippen molar-refractivity contribution < 1.29 is 0 Å². The SMILES string of the molecule is CC1CC(CC2(C)C[C@](C)(C3CC(C)C(C4CCCC4)C3)CC2CC2CC(C)(C)C2)C1. The van der Waals surface area contributed by atoms with Gasteiger partial charge < -0.3 is 0 Å². The van der Waals surface area contributed by atoms with Gasteiger partial charge in [-0.05, 0) is 128 Å². The first kappa shape index (κ1) is 22.8. The van der Waals surface area contributed by atoms with Gasteiger partial charge in [0.25, 0.3) is 0 Å². The Morgan fingerprint density at radius 2 is 1.45 bits per heavy atom. The lowest BCUT2D eigenvalue weighted by atomic mass is 9.58. The first-order valence-electron chi connectivity index (χ1n) is 14.6. The lowest BCUT2D eigenvalue weighted by Crippen LogP contribution is -2.36. The summed E-state index contributed by atoms with van der Waals surface area (Å²) < 4.78 is 0. The van der Waals surface area contributed by atoms with Crippen molar-refractivity contribution in [2.45, 2.75) is 131 Å². The van der Waals surface area contributed by atoms with Crippen molar-refractivity contribution in [2.24, 2.45) is 63.6 Å². The molecule has 0 amide bonds. The molecule has 0 bridgehead atoms. The summed E-state index contributed by atoms with van der Waals surface area (Å²) in [6, 6.07) is 0. The molecule has 5 fully saturated rings. The van der Waals surface area contributed by atoms with Crippen LogP contribution in [0.1, 0.15) is 131 Å². The highest BCUT2D eigenvalue weighted by Crippen LogP contribution is 2.66. The van der Waals surface area contributed by atoms with Crippen LogP contribution in [0.15, 0.2) is 0 Å². The minimum atomic E-state index is 0.633. The van der Waals surface area contributed by atoms with E-state index in [2.05, 4.69) is 41.5 Å². The lowest BCUT2D eigenvalue weighted by molar-refractivity contribution is 0.0374. The molecule has 5 unspecified atom stereocenters. The van der Waals surface area contributed by atoms with E-state index in [1.54, 1.807) is 51.4 Å². The highest BCUT2D eigenvalue weighted by Gasteiger charge is 2.56. The topological polar surface area (TPSA) is 0 Å². The Morgan fingerprint density at radius 1 is 0.774 bits per heavy atom. The van der Waals surface area contributed by atoms with Crippen LogP contribution in [0.25, 0.3) is 0 Å². The summed E-state index contributed by atoms with van der Waals surface area (Å²) in [5.74, 6) is 8.28. The molecule has 0 heterocycles. The fourth-order valence-corrected chi connectivity index (χ4v) is 10.7. The smallest absolute Gasteiger partial charge is 0.0289 e. The third kappa shape index (κ3) is 4.41. The molecule has 5 rings (SSSR count). The first-order valence-corrected chi connectivity index (χ1v) is 14.6. The number of rotatable bonds is 6. The van der Waals surface area contributed by atoms with E-state index in [-0.39, 0.29) is 0 Å². The molecule has 0 aromatic rings. The molecule has 6 atom stereocenters. The van der Waals surface area contributed by atoms with Gasteiger partial charge >= 0.3 is 0 Å². The Bertz CT molecular complexity index is 626. The minimum Gasteiger partial charge on any atom is -0.0625 e. The van der Waals surface area contributed by atoms with Crippen molar-refractivity contribution in [1.82, 2.24) is 0 Å². The molecule has 0 spiro atoms. The van der Waals surface area contributed by atoms with Crippen molar-refractivity contribution in [3.05, 3.63) is 0 Å². The van der Waals surface area contributed by atoms with Crippen molar-refractivity contribution in [1.29, 1.82) is 0 Å². The molecule has 0 nitrogen and oxygen atoms in total. The van der Waals surface area contributed by atoms with Crippen molar-refractivity contribution >= 4 is 0 Å². The fourth-order valence-electron chi connectivity index (χ4n) is 10.7. The largest absolute Gasteiger partial charge is 0.0625 e. The molecule has 0 saturated heterocycles. The third-order valence-corrected chi connectivity index (χ3v) is 12.0. The standard InChI is InChI=1S/C31H54/c1-21-11-23(12-21)18-30(5)20-31(6,19-27(30)14-24-16-29(3,4)17-24)26-13-22(2)28(15-26)25-9-7-8-10-25/h21-28H,7-20H2,1-6H3/t21?,22?,23?,26?,27?,28?,30?,31-/m1/s1. The quantitative estimate of drug-likeness (QED) is 0.396. The van der Waals surface area contributed by atoms with Crippen LogP contribution in [-0.2, 0) is 0 Å². The number of hydrogen-bond donors (Lipinski definition) is 0. The minimum absolute atomic E-state index is 0.633. The predicted octanol–water partition coefficient (Wildman–Crippen LogP) is 9.52. The van der Waals surface area contributed by atoms with E-state index < -0.39 is 0 Å². The summed E-state index contributed by atoms with van der Waals surface area (Å²) in [5, 5.41) is 0. The molecule has 0 N–H and O–H groups in total. The van der Waals surface area contributed by atoms with Crippen molar-refractivity contribution in [3.8, 4) is 0 Å². The molecule has 0 aromatic heterocycles. The summed E-state index contributed by atoms with van der Waals surface area (Å²) >= 11 is 0. The second kappa shape index (κ2) is 8.05. The van der Waals surface area contributed by atoms with E-state index in [9.17, 15) is 0 Å². The summed E-state index contributed by atoms with van der Waals surface area (Å²) in [5.41, 5.74) is 1.91. The maximum Gasteiger partial charge on any atom is -0.0289 e. The first-order chi connectivity index (χ1) is 14.6. The lowest BCUT2D eigenvalue weighted by Gasteiger charge is -2.47. The molecule has 31 heavy (non-hydrogen) atoms. The zero-order valence-electron chi connectivity index (χ0n) is 22.0. The van der Waals surface area contributed by atoms with Gasteiger partial charge in [-0.25, -0.2) is 0 Å². The molecule has 5 saturated carbocycles. The average molecular weight is 427 g/mol. The van der Waals surface area contributed by atoms with Crippen LogP contribution in [-0.4, -0.2) is 0 Å². The van der Waals surface area contributed by atoms with Gasteiger partial charge in [-0.2, -0.15) is 0 Å². The van der Waals surface area contributed by atoms with Crippen LogP contribution in [0, 0.1) is 63.6 Å². The highest BCUT2D eigenvalue weighted by molar-refractivity contribution is 5.06. The molecule has 0 aromatic carbocycles. The van der Waals surface area contributed by atoms with Crippen LogP contribution >= 0.6 is 0 Å². The van der Waals surface area contributed by atoms with E-state index in [4.69, 9.17) is 0 Å². The Labute approximate surface area is 195 Å². The monoisotopic (exact) mass is 426 g/mol. The van der Waals surface area contributed by atoms with Crippen LogP contribution in [0.4, 0.5) is 0 Å². The predicted molar refractivity (Wildman–Crippen MR) is 134 cm³/mol. The summed E-state index contributed by atoms with van der Waals surface area (Å²) in [6.45, 7) is 15.6. The Balaban J connectivity index is 1.29. The maximum atomic E-state index is 2.77.